The maximum absolute atomic E-state index is 12.0. The number of carbonyl (C=O) groups excluding carboxylic acids is 2. The fourth-order valence-corrected chi connectivity index (χ4v) is 3.42. The summed E-state index contributed by atoms with van der Waals surface area (Å²) < 4.78 is 0. The molecule has 106 valence electrons. The van der Waals surface area contributed by atoms with Gasteiger partial charge in [-0.2, -0.15) is 0 Å². The fraction of sp³-hybridized carbons (Fsp3) is 0.538. The first kappa shape index (κ1) is 16.0. The van der Waals surface area contributed by atoms with Crippen molar-refractivity contribution in [2.45, 2.75) is 38.9 Å². The highest BCUT2D eigenvalue weighted by Crippen LogP contribution is 2.28. The number of unbranched alkanes of at least 4 members (excludes halogenated alkanes) is 1. The Hall–Kier alpha value is -1.01. The normalized spacial score (nSPS) is 12.2. The zero-order chi connectivity index (χ0) is 14.4. The SMILES string of the molecule is CCCCS[C@H](C)C(=O)Nc1sc(C)cc1C(N)=O. The lowest BCUT2D eigenvalue weighted by molar-refractivity contribution is -0.115. The molecule has 3 N–H and O–H groups in total. The number of anilines is 1. The van der Waals surface area contributed by atoms with E-state index in [1.165, 1.54) is 11.3 Å². The van der Waals surface area contributed by atoms with E-state index in [-0.39, 0.29) is 11.2 Å². The third-order valence-electron chi connectivity index (χ3n) is 2.59. The Kier molecular flexibility index (Phi) is 6.37. The largest absolute Gasteiger partial charge is 0.366 e. The van der Waals surface area contributed by atoms with Gasteiger partial charge in [0.2, 0.25) is 5.91 Å². The molecule has 0 aromatic carbocycles. The molecule has 0 aliphatic rings. The number of aryl methyl sites for hydroxylation is 1. The molecule has 1 rings (SSSR count). The van der Waals surface area contributed by atoms with Crippen LogP contribution in [0.15, 0.2) is 6.07 Å². The lowest BCUT2D eigenvalue weighted by Crippen LogP contribution is -2.24. The van der Waals surface area contributed by atoms with Crippen LogP contribution < -0.4 is 11.1 Å². The maximum atomic E-state index is 12.0. The Morgan fingerprint density at radius 3 is 2.79 bits per heavy atom. The number of rotatable bonds is 7. The van der Waals surface area contributed by atoms with Gasteiger partial charge in [0.1, 0.15) is 5.00 Å². The van der Waals surface area contributed by atoms with E-state index in [4.69, 9.17) is 5.73 Å². The highest BCUT2D eigenvalue weighted by atomic mass is 32.2. The number of hydrogen-bond acceptors (Lipinski definition) is 4. The molecule has 0 radical (unpaired) electrons. The van der Waals surface area contributed by atoms with Gasteiger partial charge in [-0.05, 0) is 32.1 Å². The molecular weight excluding hydrogens is 280 g/mol. The molecule has 0 unspecified atom stereocenters. The summed E-state index contributed by atoms with van der Waals surface area (Å²) in [4.78, 5) is 24.2. The van der Waals surface area contributed by atoms with E-state index in [0.29, 0.717) is 10.6 Å². The van der Waals surface area contributed by atoms with Gasteiger partial charge in [0.05, 0.1) is 10.8 Å². The summed E-state index contributed by atoms with van der Waals surface area (Å²) in [7, 11) is 0. The first-order chi connectivity index (χ1) is 8.95. The van der Waals surface area contributed by atoms with Gasteiger partial charge in [-0.15, -0.1) is 23.1 Å². The minimum Gasteiger partial charge on any atom is -0.366 e. The summed E-state index contributed by atoms with van der Waals surface area (Å²) in [5.41, 5.74) is 5.68. The van der Waals surface area contributed by atoms with Crippen LogP contribution in [-0.4, -0.2) is 22.8 Å². The van der Waals surface area contributed by atoms with Gasteiger partial charge in [0.15, 0.2) is 0 Å². The molecule has 1 aromatic heterocycles. The topological polar surface area (TPSA) is 72.2 Å². The molecule has 0 fully saturated rings. The minimum atomic E-state index is -0.508. The van der Waals surface area contributed by atoms with Crippen molar-refractivity contribution >= 4 is 39.9 Å². The average molecular weight is 300 g/mol. The Labute approximate surface area is 122 Å². The van der Waals surface area contributed by atoms with Crippen molar-refractivity contribution in [1.29, 1.82) is 0 Å². The first-order valence-electron chi connectivity index (χ1n) is 6.28. The number of thiophene rings is 1. The third-order valence-corrected chi connectivity index (χ3v) is 4.80. The number of thioether (sulfide) groups is 1. The molecule has 1 heterocycles. The molecule has 1 aromatic rings. The Bertz CT molecular complexity index is 457. The second kappa shape index (κ2) is 7.55. The molecule has 0 saturated carbocycles. The molecule has 4 nitrogen and oxygen atoms in total. The van der Waals surface area contributed by atoms with Gasteiger partial charge >= 0.3 is 0 Å². The van der Waals surface area contributed by atoms with Crippen LogP contribution in [0, 0.1) is 6.92 Å². The van der Waals surface area contributed by atoms with Crippen molar-refractivity contribution in [3.8, 4) is 0 Å². The minimum absolute atomic E-state index is 0.0783. The highest BCUT2D eigenvalue weighted by molar-refractivity contribution is 8.00. The fourth-order valence-electron chi connectivity index (χ4n) is 1.48. The number of primary amides is 1. The van der Waals surface area contributed by atoms with Gasteiger partial charge in [0, 0.05) is 4.88 Å². The Morgan fingerprint density at radius 1 is 1.53 bits per heavy atom. The van der Waals surface area contributed by atoms with Gasteiger partial charge < -0.3 is 11.1 Å². The molecule has 1 atom stereocenters. The molecule has 0 saturated heterocycles. The number of nitrogens with one attached hydrogen (secondary N) is 1. The van der Waals surface area contributed by atoms with E-state index < -0.39 is 5.91 Å². The molecule has 0 aliphatic carbocycles. The molecule has 0 bridgehead atoms. The van der Waals surface area contributed by atoms with E-state index >= 15 is 0 Å². The predicted octanol–water partition coefficient (Wildman–Crippen LogP) is 3.02. The number of nitrogens with two attached hydrogens (primary N) is 1. The summed E-state index contributed by atoms with van der Waals surface area (Å²) in [5.74, 6) is 0.383. The summed E-state index contributed by atoms with van der Waals surface area (Å²) in [6.45, 7) is 5.88. The van der Waals surface area contributed by atoms with Crippen LogP contribution in [0.25, 0.3) is 0 Å². The van der Waals surface area contributed by atoms with Gasteiger partial charge in [-0.1, -0.05) is 13.3 Å². The number of amides is 2. The van der Waals surface area contributed by atoms with Crippen molar-refractivity contribution in [1.82, 2.24) is 0 Å². The van der Waals surface area contributed by atoms with Crippen LogP contribution in [0.2, 0.25) is 0 Å². The van der Waals surface area contributed by atoms with E-state index in [9.17, 15) is 9.59 Å². The Morgan fingerprint density at radius 2 is 2.21 bits per heavy atom. The molecular formula is C13H20N2O2S2. The summed E-state index contributed by atoms with van der Waals surface area (Å²) in [5, 5.41) is 3.22. The van der Waals surface area contributed by atoms with E-state index in [2.05, 4.69) is 12.2 Å². The van der Waals surface area contributed by atoms with Crippen LogP contribution in [0.4, 0.5) is 5.00 Å². The van der Waals surface area contributed by atoms with Gasteiger partial charge in [-0.25, -0.2) is 0 Å². The zero-order valence-electron chi connectivity index (χ0n) is 11.5. The zero-order valence-corrected chi connectivity index (χ0v) is 13.1. The predicted molar refractivity (Wildman–Crippen MR) is 83.0 cm³/mol. The summed E-state index contributed by atoms with van der Waals surface area (Å²) in [6.07, 6.45) is 2.23. The van der Waals surface area contributed by atoms with Crippen molar-refractivity contribution in [3.63, 3.8) is 0 Å². The Balaban J connectivity index is 2.63. The van der Waals surface area contributed by atoms with E-state index in [0.717, 1.165) is 23.5 Å². The standard InChI is InChI=1S/C13H20N2O2S2/c1-4-5-6-18-9(3)12(17)15-13-10(11(14)16)7-8(2)19-13/h7,9H,4-6H2,1-3H3,(H2,14,16)(H,15,17)/t9-/m1/s1. The van der Waals surface area contributed by atoms with E-state index in [1.807, 2.05) is 13.8 Å². The van der Waals surface area contributed by atoms with Crippen molar-refractivity contribution in [3.05, 3.63) is 16.5 Å². The smallest absolute Gasteiger partial charge is 0.251 e. The second-order valence-electron chi connectivity index (χ2n) is 4.32. The second-order valence-corrected chi connectivity index (χ2v) is 7.02. The molecule has 19 heavy (non-hydrogen) atoms. The third kappa shape index (κ3) is 4.87. The van der Waals surface area contributed by atoms with Crippen molar-refractivity contribution in [2.75, 3.05) is 11.1 Å². The first-order valence-corrected chi connectivity index (χ1v) is 8.15. The number of hydrogen-bond donors (Lipinski definition) is 2. The van der Waals surface area contributed by atoms with Crippen LogP contribution >= 0.6 is 23.1 Å². The maximum Gasteiger partial charge on any atom is 0.251 e. The number of carbonyl (C=O) groups is 2. The molecule has 6 heteroatoms. The average Bonchev–Trinajstić information content (AvgIpc) is 2.70. The molecule has 2 amide bonds. The van der Waals surface area contributed by atoms with Crippen LogP contribution in [0.5, 0.6) is 0 Å². The van der Waals surface area contributed by atoms with Crippen LogP contribution in [0.3, 0.4) is 0 Å². The lowest BCUT2D eigenvalue weighted by Gasteiger charge is -2.11. The summed E-state index contributed by atoms with van der Waals surface area (Å²) in [6, 6.07) is 1.71. The summed E-state index contributed by atoms with van der Waals surface area (Å²) >= 11 is 3.00. The van der Waals surface area contributed by atoms with Crippen LogP contribution in [-0.2, 0) is 4.79 Å². The van der Waals surface area contributed by atoms with Gasteiger partial charge in [-0.3, -0.25) is 9.59 Å². The highest BCUT2D eigenvalue weighted by Gasteiger charge is 2.18. The van der Waals surface area contributed by atoms with Crippen LogP contribution in [0.1, 0.15) is 41.9 Å². The lowest BCUT2D eigenvalue weighted by atomic mass is 10.3. The van der Waals surface area contributed by atoms with Gasteiger partial charge in [0.25, 0.3) is 5.91 Å². The molecule has 0 spiro atoms. The van der Waals surface area contributed by atoms with E-state index in [1.54, 1.807) is 17.8 Å². The van der Waals surface area contributed by atoms with Crippen molar-refractivity contribution in [2.24, 2.45) is 5.73 Å². The monoisotopic (exact) mass is 300 g/mol. The van der Waals surface area contributed by atoms with Crippen molar-refractivity contribution < 1.29 is 9.59 Å². The quantitative estimate of drug-likeness (QED) is 0.760. The molecule has 0 aliphatic heterocycles.